The molecule has 45 heavy (non-hydrogen) atoms. The number of fused-ring (bicyclic) bond motifs is 2. The van der Waals surface area contributed by atoms with E-state index in [-0.39, 0.29) is 17.1 Å². The van der Waals surface area contributed by atoms with Crippen molar-refractivity contribution in [2.24, 2.45) is 5.41 Å². The summed E-state index contributed by atoms with van der Waals surface area (Å²) in [5.74, 6) is 1.63. The fourth-order valence-electron chi connectivity index (χ4n) is 7.45. The largest absolute Gasteiger partial charge is 0.481 e. The number of aromatic nitrogens is 4. The van der Waals surface area contributed by atoms with Gasteiger partial charge in [-0.2, -0.15) is 18.3 Å². The van der Waals surface area contributed by atoms with Crippen LogP contribution in [0.5, 0.6) is 5.75 Å². The number of rotatable bonds is 8. The summed E-state index contributed by atoms with van der Waals surface area (Å²) in [7, 11) is 2.10. The van der Waals surface area contributed by atoms with Crippen LogP contribution in [-0.4, -0.2) is 95.6 Å². The predicted octanol–water partition coefficient (Wildman–Crippen LogP) is 6.18. The first-order valence-electron chi connectivity index (χ1n) is 15.5. The van der Waals surface area contributed by atoms with Gasteiger partial charge in [0.1, 0.15) is 17.2 Å². The molecule has 7 rings (SSSR count). The first-order valence-corrected chi connectivity index (χ1v) is 15.5. The molecule has 0 saturated carbocycles. The third-order valence-corrected chi connectivity index (χ3v) is 9.60. The lowest BCUT2D eigenvalue weighted by Crippen LogP contribution is -2.72. The first kappa shape index (κ1) is 29.7. The topological polar surface area (TPSA) is 73.4 Å². The zero-order chi connectivity index (χ0) is 31.5. The Morgan fingerprint density at radius 1 is 1.07 bits per heavy atom. The minimum Gasteiger partial charge on any atom is -0.481 e. The van der Waals surface area contributed by atoms with E-state index in [1.54, 1.807) is 12.3 Å². The lowest BCUT2D eigenvalue weighted by molar-refractivity contribution is -0.153. The molecule has 3 aliphatic rings. The third kappa shape index (κ3) is 5.35. The summed E-state index contributed by atoms with van der Waals surface area (Å²) in [6.45, 7) is 14.8. The molecule has 0 bridgehead atoms. The summed E-state index contributed by atoms with van der Waals surface area (Å²) in [5, 5.41) is 8.68. The van der Waals surface area contributed by atoms with Crippen molar-refractivity contribution in [1.82, 2.24) is 30.0 Å². The van der Waals surface area contributed by atoms with Crippen molar-refractivity contribution in [3.63, 3.8) is 0 Å². The Balaban J connectivity index is 1.44. The smallest absolute Gasteiger partial charge is 0.422 e. The molecule has 11 heteroatoms. The van der Waals surface area contributed by atoms with Crippen molar-refractivity contribution in [2.75, 3.05) is 64.4 Å². The molecule has 8 nitrogen and oxygen atoms in total. The summed E-state index contributed by atoms with van der Waals surface area (Å²) in [6.07, 6.45) is 2.53. The molecule has 4 aromatic rings. The van der Waals surface area contributed by atoms with Crippen LogP contribution < -0.4 is 9.64 Å². The van der Waals surface area contributed by atoms with Gasteiger partial charge in [0.25, 0.3) is 0 Å². The Morgan fingerprint density at radius 3 is 2.51 bits per heavy atom. The fraction of sp³-hybridized carbons (Fsp3) is 0.441. The number of piperidine rings is 1. The van der Waals surface area contributed by atoms with Crippen molar-refractivity contribution in [1.29, 1.82) is 0 Å². The van der Waals surface area contributed by atoms with Crippen LogP contribution in [0.4, 0.5) is 19.0 Å². The van der Waals surface area contributed by atoms with Crippen LogP contribution in [-0.2, 0) is 0 Å². The third-order valence-electron chi connectivity index (χ3n) is 9.60. The predicted molar refractivity (Wildman–Crippen MR) is 172 cm³/mol. The molecule has 0 radical (unpaired) electrons. The maximum absolute atomic E-state index is 13.8. The van der Waals surface area contributed by atoms with E-state index in [2.05, 4.69) is 45.1 Å². The van der Waals surface area contributed by atoms with Crippen LogP contribution in [0, 0.1) is 12.3 Å². The van der Waals surface area contributed by atoms with E-state index >= 15 is 0 Å². The van der Waals surface area contributed by atoms with Crippen LogP contribution in [0.25, 0.3) is 39.0 Å². The zero-order valence-corrected chi connectivity index (χ0v) is 25.8. The number of alkyl halides is 3. The van der Waals surface area contributed by atoms with Crippen LogP contribution in [0.1, 0.15) is 35.7 Å². The lowest BCUT2D eigenvalue weighted by Gasteiger charge is -2.60. The molecule has 0 atom stereocenters. The molecule has 3 saturated heterocycles. The summed E-state index contributed by atoms with van der Waals surface area (Å²) < 4.78 is 47.3. The average Bonchev–Trinajstić information content (AvgIpc) is 3.44. The van der Waals surface area contributed by atoms with Crippen molar-refractivity contribution in [2.45, 2.75) is 31.9 Å². The molecule has 5 heterocycles. The molecule has 2 aromatic heterocycles. The number of likely N-dealkylation sites (tertiary alicyclic amines) is 2. The summed E-state index contributed by atoms with van der Waals surface area (Å²) in [5.41, 5.74) is 4.19. The lowest BCUT2D eigenvalue weighted by atomic mass is 9.72. The zero-order valence-electron chi connectivity index (χ0n) is 25.8. The van der Waals surface area contributed by atoms with E-state index < -0.39 is 12.8 Å². The molecule has 236 valence electrons. The minimum atomic E-state index is -4.54. The Kier molecular flexibility index (Phi) is 7.36. The number of H-pyrrole nitrogens is 1. The van der Waals surface area contributed by atoms with E-state index in [0.717, 1.165) is 86.5 Å². The highest BCUT2D eigenvalue weighted by molar-refractivity contribution is 6.07. The van der Waals surface area contributed by atoms with Crippen LogP contribution in [0.2, 0.25) is 0 Å². The van der Waals surface area contributed by atoms with Gasteiger partial charge in [-0.25, -0.2) is 9.97 Å². The molecule has 3 fully saturated rings. The van der Waals surface area contributed by atoms with E-state index in [0.29, 0.717) is 27.9 Å². The van der Waals surface area contributed by atoms with Crippen molar-refractivity contribution >= 4 is 33.7 Å². The van der Waals surface area contributed by atoms with E-state index in [9.17, 15) is 13.2 Å². The standard InChI is InChI=1S/C34H38F3N7O/c1-5-11-43-16-33(17-43)18-44(19-33)32-24-14-22(6-2)28(27-21(3)7-8-26-25(27)15-38-41-26)30(45-20-34(35,36)37)29(24)39-31(40-32)23-9-12-42(4)13-10-23/h5-8,14-15,23H,1-2,9-13,16-20H2,3-4H3,(H,38,41). The number of ether oxygens (including phenoxy) is 1. The SMILES string of the molecule is C=CCN1CC2(C1)CN(c1nc(C3CCN(C)CC3)nc3c(OCC(F)(F)F)c(-c4c(C)ccc5[nH]ncc45)c(C=C)cc13)C2. The number of hydrogen-bond acceptors (Lipinski definition) is 7. The van der Waals surface area contributed by atoms with Gasteiger partial charge in [-0.1, -0.05) is 24.8 Å². The van der Waals surface area contributed by atoms with Gasteiger partial charge in [-0.3, -0.25) is 10.00 Å². The van der Waals surface area contributed by atoms with E-state index in [4.69, 9.17) is 14.7 Å². The second-order valence-electron chi connectivity index (χ2n) is 13.1. The highest BCUT2D eigenvalue weighted by Crippen LogP contribution is 2.49. The van der Waals surface area contributed by atoms with Crippen LogP contribution in [0.15, 0.2) is 43.6 Å². The summed E-state index contributed by atoms with van der Waals surface area (Å²) >= 11 is 0. The molecule has 0 aliphatic carbocycles. The van der Waals surface area contributed by atoms with Gasteiger partial charge in [-0.05, 0) is 68.7 Å². The van der Waals surface area contributed by atoms with E-state index in [1.165, 1.54) is 0 Å². The molecule has 0 amide bonds. The molecular formula is C34H38F3N7O. The van der Waals surface area contributed by atoms with Gasteiger partial charge in [0.2, 0.25) is 0 Å². The van der Waals surface area contributed by atoms with Crippen LogP contribution in [0.3, 0.4) is 0 Å². The van der Waals surface area contributed by atoms with Gasteiger partial charge >= 0.3 is 6.18 Å². The highest BCUT2D eigenvalue weighted by atomic mass is 19.4. The number of benzene rings is 2. The van der Waals surface area contributed by atoms with Crippen molar-refractivity contribution < 1.29 is 17.9 Å². The number of nitrogens with one attached hydrogen (secondary N) is 1. The molecule has 1 spiro atoms. The molecule has 3 aliphatic heterocycles. The number of aryl methyl sites for hydroxylation is 1. The number of hydrogen-bond donors (Lipinski definition) is 1. The van der Waals surface area contributed by atoms with Crippen molar-refractivity contribution in [3.05, 3.63) is 60.6 Å². The van der Waals surface area contributed by atoms with E-state index in [1.807, 2.05) is 31.2 Å². The second-order valence-corrected chi connectivity index (χ2v) is 13.1. The monoisotopic (exact) mass is 617 g/mol. The van der Waals surface area contributed by atoms with Gasteiger partial charge < -0.3 is 14.5 Å². The number of nitrogens with zero attached hydrogens (tertiary/aromatic N) is 6. The normalized spacial score (nSPS) is 19.2. The Labute approximate surface area is 260 Å². The van der Waals surface area contributed by atoms with Gasteiger partial charge in [0.15, 0.2) is 12.4 Å². The maximum atomic E-state index is 13.8. The molecular weight excluding hydrogens is 579 g/mol. The van der Waals surface area contributed by atoms with Gasteiger partial charge in [0, 0.05) is 60.4 Å². The minimum absolute atomic E-state index is 0.100. The van der Waals surface area contributed by atoms with Gasteiger partial charge in [-0.15, -0.1) is 6.58 Å². The highest BCUT2D eigenvalue weighted by Gasteiger charge is 2.52. The molecule has 2 aromatic carbocycles. The second kappa shape index (κ2) is 11.1. The Morgan fingerprint density at radius 2 is 1.82 bits per heavy atom. The summed E-state index contributed by atoms with van der Waals surface area (Å²) in [6, 6.07) is 5.82. The maximum Gasteiger partial charge on any atom is 0.422 e. The number of aromatic amines is 1. The van der Waals surface area contributed by atoms with Gasteiger partial charge in [0.05, 0.1) is 11.7 Å². The average molecular weight is 618 g/mol. The number of halogens is 3. The van der Waals surface area contributed by atoms with Crippen molar-refractivity contribution in [3.8, 4) is 16.9 Å². The summed E-state index contributed by atoms with van der Waals surface area (Å²) in [4.78, 5) is 17.2. The quantitative estimate of drug-likeness (QED) is 0.237. The molecule has 1 N–H and O–H groups in total. The molecule has 0 unspecified atom stereocenters. The Bertz CT molecular complexity index is 1780. The first-order chi connectivity index (χ1) is 21.6. The van der Waals surface area contributed by atoms with Crippen LogP contribution >= 0.6 is 0 Å². The Hall–Kier alpha value is -3.96. The number of anilines is 1. The fourth-order valence-corrected chi connectivity index (χ4v) is 7.45.